The minimum absolute atomic E-state index is 0.235. The van der Waals surface area contributed by atoms with Crippen molar-refractivity contribution in [2.75, 3.05) is 36.2 Å². The van der Waals surface area contributed by atoms with Gasteiger partial charge in [0.25, 0.3) is 0 Å². The van der Waals surface area contributed by atoms with E-state index in [0.29, 0.717) is 6.04 Å². The summed E-state index contributed by atoms with van der Waals surface area (Å²) >= 11 is 4.17. The lowest BCUT2D eigenvalue weighted by atomic mass is 9.79. The fraction of sp³-hybridized carbons (Fsp3) is 1.00. The van der Waals surface area contributed by atoms with Gasteiger partial charge < -0.3 is 10.1 Å². The third-order valence-corrected chi connectivity index (χ3v) is 6.46. The van der Waals surface area contributed by atoms with Gasteiger partial charge in [-0.1, -0.05) is 13.8 Å². The standard InChI is InChI=1S/C15H29NOS2/c1-3-16-14(12-18-4-2)13-5-8-17-15(11-13)6-9-19-10-7-15/h13-14,16H,3-12H2,1-2H3. The quantitative estimate of drug-likeness (QED) is 0.811. The zero-order valence-electron chi connectivity index (χ0n) is 12.5. The topological polar surface area (TPSA) is 21.3 Å². The number of ether oxygens (including phenoxy) is 1. The summed E-state index contributed by atoms with van der Waals surface area (Å²) in [6, 6.07) is 0.685. The Bertz CT molecular complexity index is 251. The first kappa shape index (κ1) is 16.0. The molecule has 4 heteroatoms. The molecule has 0 aromatic heterocycles. The molecule has 2 saturated heterocycles. The molecule has 2 rings (SSSR count). The van der Waals surface area contributed by atoms with Crippen molar-refractivity contribution in [1.82, 2.24) is 5.32 Å². The Labute approximate surface area is 127 Å². The highest BCUT2D eigenvalue weighted by atomic mass is 32.2. The van der Waals surface area contributed by atoms with Crippen LogP contribution in [0.1, 0.15) is 39.5 Å². The molecule has 0 amide bonds. The summed E-state index contributed by atoms with van der Waals surface area (Å²) in [4.78, 5) is 0. The predicted octanol–water partition coefficient (Wildman–Crippen LogP) is 3.41. The monoisotopic (exact) mass is 303 g/mol. The van der Waals surface area contributed by atoms with Gasteiger partial charge in [0, 0.05) is 18.4 Å². The third-order valence-electron chi connectivity index (χ3n) is 4.47. The van der Waals surface area contributed by atoms with E-state index < -0.39 is 0 Å². The second-order valence-electron chi connectivity index (χ2n) is 5.72. The second kappa shape index (κ2) is 8.16. The van der Waals surface area contributed by atoms with Gasteiger partial charge in [-0.25, -0.2) is 0 Å². The minimum Gasteiger partial charge on any atom is -0.375 e. The molecule has 2 aliphatic rings. The van der Waals surface area contributed by atoms with Crippen LogP contribution in [0.15, 0.2) is 0 Å². The van der Waals surface area contributed by atoms with Crippen molar-refractivity contribution in [1.29, 1.82) is 0 Å². The predicted molar refractivity (Wildman–Crippen MR) is 88.4 cm³/mol. The summed E-state index contributed by atoms with van der Waals surface area (Å²) in [6.07, 6.45) is 5.08. The second-order valence-corrected chi connectivity index (χ2v) is 8.26. The summed E-state index contributed by atoms with van der Waals surface area (Å²) in [5.74, 6) is 5.90. The van der Waals surface area contributed by atoms with Gasteiger partial charge in [0.2, 0.25) is 0 Å². The van der Waals surface area contributed by atoms with Crippen molar-refractivity contribution in [3.63, 3.8) is 0 Å². The van der Waals surface area contributed by atoms with Crippen LogP contribution in [0.5, 0.6) is 0 Å². The number of hydrogen-bond acceptors (Lipinski definition) is 4. The maximum atomic E-state index is 6.22. The zero-order chi connectivity index (χ0) is 13.6. The largest absolute Gasteiger partial charge is 0.375 e. The van der Waals surface area contributed by atoms with Crippen molar-refractivity contribution in [2.45, 2.75) is 51.2 Å². The Morgan fingerprint density at radius 2 is 2.16 bits per heavy atom. The van der Waals surface area contributed by atoms with Crippen molar-refractivity contribution >= 4 is 23.5 Å². The summed E-state index contributed by atoms with van der Waals surface area (Å²) < 4.78 is 6.22. The van der Waals surface area contributed by atoms with Crippen LogP contribution in [0.4, 0.5) is 0 Å². The van der Waals surface area contributed by atoms with Crippen molar-refractivity contribution < 1.29 is 4.74 Å². The first-order valence-corrected chi connectivity index (χ1v) is 10.1. The molecule has 0 bridgehead atoms. The molecule has 0 aromatic carbocycles. The highest BCUT2D eigenvalue weighted by Crippen LogP contribution is 2.41. The van der Waals surface area contributed by atoms with E-state index in [9.17, 15) is 0 Å². The normalized spacial score (nSPS) is 28.4. The lowest BCUT2D eigenvalue weighted by Gasteiger charge is -2.45. The molecule has 2 aliphatic heterocycles. The van der Waals surface area contributed by atoms with Crippen LogP contribution in [-0.4, -0.2) is 47.8 Å². The highest BCUT2D eigenvalue weighted by Gasteiger charge is 2.40. The molecule has 2 heterocycles. The molecule has 2 fully saturated rings. The lowest BCUT2D eigenvalue weighted by Crippen LogP contribution is -2.49. The van der Waals surface area contributed by atoms with E-state index in [2.05, 4.69) is 42.7 Å². The van der Waals surface area contributed by atoms with Gasteiger partial charge in [-0.3, -0.25) is 0 Å². The molecule has 0 aromatic rings. The van der Waals surface area contributed by atoms with Crippen LogP contribution in [0, 0.1) is 5.92 Å². The molecule has 1 spiro atoms. The van der Waals surface area contributed by atoms with Crippen LogP contribution in [0.25, 0.3) is 0 Å². The van der Waals surface area contributed by atoms with E-state index in [1.165, 1.54) is 48.7 Å². The Kier molecular flexibility index (Phi) is 6.87. The van der Waals surface area contributed by atoms with E-state index in [0.717, 1.165) is 19.1 Å². The molecule has 2 nitrogen and oxygen atoms in total. The minimum atomic E-state index is 0.235. The molecule has 2 atom stereocenters. The average molecular weight is 304 g/mol. The number of nitrogens with one attached hydrogen (secondary N) is 1. The molecule has 0 saturated carbocycles. The maximum Gasteiger partial charge on any atom is 0.0701 e. The van der Waals surface area contributed by atoms with Crippen LogP contribution in [-0.2, 0) is 4.74 Å². The number of thioether (sulfide) groups is 2. The molecule has 0 radical (unpaired) electrons. The van der Waals surface area contributed by atoms with Gasteiger partial charge in [0.15, 0.2) is 0 Å². The van der Waals surface area contributed by atoms with Crippen LogP contribution >= 0.6 is 23.5 Å². The summed E-state index contributed by atoms with van der Waals surface area (Å²) in [7, 11) is 0. The molecular formula is C15H29NOS2. The van der Waals surface area contributed by atoms with Gasteiger partial charge >= 0.3 is 0 Å². The van der Waals surface area contributed by atoms with Gasteiger partial charge in [-0.2, -0.15) is 23.5 Å². The Morgan fingerprint density at radius 1 is 1.37 bits per heavy atom. The van der Waals surface area contributed by atoms with Crippen molar-refractivity contribution in [3.05, 3.63) is 0 Å². The van der Waals surface area contributed by atoms with Gasteiger partial charge in [0.05, 0.1) is 5.60 Å². The van der Waals surface area contributed by atoms with E-state index >= 15 is 0 Å². The first-order valence-electron chi connectivity index (χ1n) is 7.82. The number of hydrogen-bond donors (Lipinski definition) is 1. The zero-order valence-corrected chi connectivity index (χ0v) is 14.1. The van der Waals surface area contributed by atoms with Crippen molar-refractivity contribution in [3.8, 4) is 0 Å². The number of rotatable bonds is 6. The Balaban J connectivity index is 1.93. The summed E-state index contributed by atoms with van der Waals surface area (Å²) in [6.45, 7) is 6.57. The molecule has 19 heavy (non-hydrogen) atoms. The molecule has 0 aliphatic carbocycles. The third kappa shape index (κ3) is 4.55. The average Bonchev–Trinajstić information content (AvgIpc) is 2.44. The van der Waals surface area contributed by atoms with E-state index in [4.69, 9.17) is 4.74 Å². The molecule has 1 N–H and O–H groups in total. The van der Waals surface area contributed by atoms with E-state index in [1.54, 1.807) is 0 Å². The summed E-state index contributed by atoms with van der Waals surface area (Å²) in [5.41, 5.74) is 0.235. The maximum absolute atomic E-state index is 6.22. The lowest BCUT2D eigenvalue weighted by molar-refractivity contribution is -0.106. The van der Waals surface area contributed by atoms with E-state index in [-0.39, 0.29) is 5.60 Å². The Morgan fingerprint density at radius 3 is 2.84 bits per heavy atom. The SMILES string of the molecule is CCNC(CSCC)C1CCOC2(CCSCC2)C1. The van der Waals surface area contributed by atoms with Crippen LogP contribution in [0.2, 0.25) is 0 Å². The van der Waals surface area contributed by atoms with E-state index in [1.807, 2.05) is 0 Å². The van der Waals surface area contributed by atoms with Gasteiger partial charge in [0.1, 0.15) is 0 Å². The van der Waals surface area contributed by atoms with Crippen molar-refractivity contribution in [2.24, 2.45) is 5.92 Å². The summed E-state index contributed by atoms with van der Waals surface area (Å²) in [5, 5.41) is 3.73. The first-order chi connectivity index (χ1) is 9.29. The smallest absolute Gasteiger partial charge is 0.0701 e. The molecule has 112 valence electrons. The van der Waals surface area contributed by atoms with Gasteiger partial charge in [-0.15, -0.1) is 0 Å². The van der Waals surface area contributed by atoms with Crippen LogP contribution < -0.4 is 5.32 Å². The van der Waals surface area contributed by atoms with Crippen LogP contribution in [0.3, 0.4) is 0 Å². The molecule has 2 unspecified atom stereocenters. The molecular weight excluding hydrogens is 274 g/mol. The Hall–Kier alpha value is 0.620. The van der Waals surface area contributed by atoms with Gasteiger partial charge in [-0.05, 0) is 55.4 Å². The fourth-order valence-corrected chi connectivity index (χ4v) is 5.49. The highest BCUT2D eigenvalue weighted by molar-refractivity contribution is 7.99. The fourth-order valence-electron chi connectivity index (χ4n) is 3.37.